The number of hydrogen-bond acceptors (Lipinski definition) is 5. The molecule has 0 aliphatic heterocycles. The molecule has 7 heteroatoms. The molecular weight excluding hydrogens is 394 g/mol. The predicted octanol–water partition coefficient (Wildman–Crippen LogP) is 4.30. The molecule has 0 atom stereocenters. The lowest BCUT2D eigenvalue weighted by Crippen LogP contribution is -2.49. The van der Waals surface area contributed by atoms with E-state index in [4.69, 9.17) is 15.2 Å². The van der Waals surface area contributed by atoms with Crippen molar-refractivity contribution in [1.82, 2.24) is 4.98 Å². The van der Waals surface area contributed by atoms with E-state index in [1.165, 1.54) is 0 Å². The van der Waals surface area contributed by atoms with E-state index in [0.29, 0.717) is 48.9 Å². The Morgan fingerprint density at radius 3 is 2.42 bits per heavy atom. The molecule has 0 radical (unpaired) electrons. The van der Waals surface area contributed by atoms with Crippen molar-refractivity contribution in [2.75, 3.05) is 12.4 Å². The molecule has 1 aliphatic rings. The molecule has 2 aromatic rings. The molecule has 166 valence electrons. The van der Waals surface area contributed by atoms with E-state index in [0.717, 1.165) is 11.1 Å². The molecule has 2 amide bonds. The minimum Gasteiger partial charge on any atom is -0.439 e. The summed E-state index contributed by atoms with van der Waals surface area (Å²) in [5.74, 6) is 0.597. The highest BCUT2D eigenvalue weighted by Gasteiger charge is 2.47. The van der Waals surface area contributed by atoms with Gasteiger partial charge < -0.3 is 20.5 Å². The molecule has 1 saturated carbocycles. The summed E-state index contributed by atoms with van der Waals surface area (Å²) < 4.78 is 11.2. The second-order valence-corrected chi connectivity index (χ2v) is 8.50. The largest absolute Gasteiger partial charge is 0.439 e. The molecular formula is C24H31N3O4. The van der Waals surface area contributed by atoms with E-state index in [1.54, 1.807) is 19.2 Å². The van der Waals surface area contributed by atoms with Gasteiger partial charge in [0.25, 0.3) is 0 Å². The van der Waals surface area contributed by atoms with Gasteiger partial charge in [-0.3, -0.25) is 9.59 Å². The van der Waals surface area contributed by atoms with E-state index in [9.17, 15) is 9.59 Å². The SMILES string of the molecule is COC1CCC(C(N)=O)(C(=O)Nc2ccc(Oc3ccc(C(C)C)cn3)c(C)c2)CC1. The Labute approximate surface area is 183 Å². The Hall–Kier alpha value is -2.93. The van der Waals surface area contributed by atoms with Crippen molar-refractivity contribution < 1.29 is 19.1 Å². The van der Waals surface area contributed by atoms with Gasteiger partial charge in [0, 0.05) is 25.1 Å². The zero-order valence-corrected chi connectivity index (χ0v) is 18.6. The maximum absolute atomic E-state index is 13.0. The molecule has 1 aromatic heterocycles. The van der Waals surface area contributed by atoms with Crippen molar-refractivity contribution in [3.05, 3.63) is 47.7 Å². The van der Waals surface area contributed by atoms with Gasteiger partial charge in [0.2, 0.25) is 17.7 Å². The van der Waals surface area contributed by atoms with Crippen molar-refractivity contribution >= 4 is 17.5 Å². The van der Waals surface area contributed by atoms with Crippen LogP contribution in [0.3, 0.4) is 0 Å². The van der Waals surface area contributed by atoms with E-state index in [1.807, 2.05) is 31.3 Å². The number of carbonyl (C=O) groups is 2. The smallest absolute Gasteiger partial charge is 0.240 e. The van der Waals surface area contributed by atoms with Crippen LogP contribution in [0.2, 0.25) is 0 Å². The van der Waals surface area contributed by atoms with Crippen LogP contribution in [0.4, 0.5) is 5.69 Å². The average Bonchev–Trinajstić information content (AvgIpc) is 2.75. The lowest BCUT2D eigenvalue weighted by molar-refractivity contribution is -0.142. The second kappa shape index (κ2) is 9.47. The third-order valence-electron chi connectivity index (χ3n) is 6.10. The maximum atomic E-state index is 13.0. The highest BCUT2D eigenvalue weighted by atomic mass is 16.5. The van der Waals surface area contributed by atoms with Gasteiger partial charge in [-0.2, -0.15) is 0 Å². The molecule has 1 aromatic carbocycles. The van der Waals surface area contributed by atoms with Crippen LogP contribution in [0.1, 0.15) is 56.6 Å². The Morgan fingerprint density at radius 1 is 1.19 bits per heavy atom. The molecule has 0 saturated heterocycles. The second-order valence-electron chi connectivity index (χ2n) is 8.50. The van der Waals surface area contributed by atoms with E-state index >= 15 is 0 Å². The molecule has 31 heavy (non-hydrogen) atoms. The maximum Gasteiger partial charge on any atom is 0.240 e. The number of nitrogens with one attached hydrogen (secondary N) is 1. The minimum atomic E-state index is -1.21. The van der Waals surface area contributed by atoms with Crippen LogP contribution in [0.5, 0.6) is 11.6 Å². The molecule has 3 rings (SSSR count). The van der Waals surface area contributed by atoms with Gasteiger partial charge in [-0.05, 0) is 67.9 Å². The Balaban J connectivity index is 1.70. The number of nitrogens with zero attached hydrogens (tertiary/aromatic N) is 1. The van der Waals surface area contributed by atoms with Crippen LogP contribution in [0.15, 0.2) is 36.5 Å². The number of hydrogen-bond donors (Lipinski definition) is 2. The first kappa shape index (κ1) is 22.7. The zero-order chi connectivity index (χ0) is 22.6. The summed E-state index contributed by atoms with van der Waals surface area (Å²) >= 11 is 0. The van der Waals surface area contributed by atoms with Crippen molar-refractivity contribution in [3.8, 4) is 11.6 Å². The number of methoxy groups -OCH3 is 1. The fraction of sp³-hybridized carbons (Fsp3) is 0.458. The fourth-order valence-electron chi connectivity index (χ4n) is 3.90. The van der Waals surface area contributed by atoms with Gasteiger partial charge in [0.1, 0.15) is 11.2 Å². The third-order valence-corrected chi connectivity index (χ3v) is 6.10. The number of rotatable bonds is 7. The normalized spacial score (nSPS) is 21.0. The van der Waals surface area contributed by atoms with Crippen molar-refractivity contribution in [2.45, 2.75) is 58.5 Å². The Morgan fingerprint density at radius 2 is 1.90 bits per heavy atom. The van der Waals surface area contributed by atoms with Crippen molar-refractivity contribution in [1.29, 1.82) is 0 Å². The monoisotopic (exact) mass is 425 g/mol. The lowest BCUT2D eigenvalue weighted by Gasteiger charge is -2.35. The van der Waals surface area contributed by atoms with Gasteiger partial charge >= 0.3 is 0 Å². The fourth-order valence-corrected chi connectivity index (χ4v) is 3.90. The van der Waals surface area contributed by atoms with Crippen LogP contribution >= 0.6 is 0 Å². The first-order valence-electron chi connectivity index (χ1n) is 10.6. The summed E-state index contributed by atoms with van der Waals surface area (Å²) in [6, 6.07) is 9.18. The number of amides is 2. The minimum absolute atomic E-state index is 0.0576. The van der Waals surface area contributed by atoms with E-state index in [-0.39, 0.29) is 12.0 Å². The number of carbonyl (C=O) groups excluding carboxylic acids is 2. The summed E-state index contributed by atoms with van der Waals surface area (Å²) in [4.78, 5) is 29.5. The molecule has 1 heterocycles. The predicted molar refractivity (Wildman–Crippen MR) is 119 cm³/mol. The first-order chi connectivity index (χ1) is 14.7. The number of nitrogens with two attached hydrogens (primary N) is 1. The van der Waals surface area contributed by atoms with Gasteiger partial charge in [-0.15, -0.1) is 0 Å². The molecule has 1 aliphatic carbocycles. The molecule has 0 bridgehead atoms. The number of anilines is 1. The third kappa shape index (κ3) is 5.05. The van der Waals surface area contributed by atoms with Crippen molar-refractivity contribution in [2.24, 2.45) is 11.1 Å². The summed E-state index contributed by atoms with van der Waals surface area (Å²) in [5, 5.41) is 2.87. The summed E-state index contributed by atoms with van der Waals surface area (Å²) in [7, 11) is 1.64. The van der Waals surface area contributed by atoms with Gasteiger partial charge in [-0.25, -0.2) is 4.98 Å². The number of aryl methyl sites for hydroxylation is 1. The van der Waals surface area contributed by atoms with Crippen LogP contribution in [0, 0.1) is 12.3 Å². The van der Waals surface area contributed by atoms with E-state index in [2.05, 4.69) is 24.1 Å². The number of aromatic nitrogens is 1. The zero-order valence-electron chi connectivity index (χ0n) is 18.6. The molecule has 0 unspecified atom stereocenters. The topological polar surface area (TPSA) is 104 Å². The standard InChI is InChI=1S/C24H31N3O4/c1-15(2)17-5-8-21(26-14-17)31-20-7-6-18(13-16(20)3)27-23(29)24(22(25)28)11-9-19(30-4)10-12-24/h5-8,13-15,19H,9-12H2,1-4H3,(H2,25,28)(H,27,29). The van der Waals surface area contributed by atoms with Crippen LogP contribution in [-0.2, 0) is 14.3 Å². The number of pyridine rings is 1. The highest BCUT2D eigenvalue weighted by Crippen LogP contribution is 2.38. The Kier molecular flexibility index (Phi) is 6.95. The van der Waals surface area contributed by atoms with Gasteiger partial charge in [0.05, 0.1) is 6.10 Å². The summed E-state index contributed by atoms with van der Waals surface area (Å²) in [6.45, 7) is 6.11. The lowest BCUT2D eigenvalue weighted by atomic mass is 9.71. The molecule has 0 spiro atoms. The average molecular weight is 426 g/mol. The van der Waals surface area contributed by atoms with Crippen molar-refractivity contribution in [3.63, 3.8) is 0 Å². The Bertz CT molecular complexity index is 932. The number of benzene rings is 1. The van der Waals surface area contributed by atoms with Crippen LogP contribution in [-0.4, -0.2) is 30.0 Å². The highest BCUT2D eigenvalue weighted by molar-refractivity contribution is 6.10. The number of ether oxygens (including phenoxy) is 2. The summed E-state index contributed by atoms with van der Waals surface area (Å²) in [6.07, 6.45) is 3.88. The van der Waals surface area contributed by atoms with Crippen LogP contribution in [0.25, 0.3) is 0 Å². The summed E-state index contributed by atoms with van der Waals surface area (Å²) in [5.41, 5.74) is 7.01. The van der Waals surface area contributed by atoms with Gasteiger partial charge in [0.15, 0.2) is 0 Å². The quantitative estimate of drug-likeness (QED) is 0.644. The molecule has 1 fully saturated rings. The number of primary amides is 1. The van der Waals surface area contributed by atoms with Crippen LogP contribution < -0.4 is 15.8 Å². The first-order valence-corrected chi connectivity index (χ1v) is 10.6. The van der Waals surface area contributed by atoms with Gasteiger partial charge in [-0.1, -0.05) is 19.9 Å². The molecule has 3 N–H and O–H groups in total. The molecule has 7 nitrogen and oxygen atoms in total. The van der Waals surface area contributed by atoms with E-state index < -0.39 is 11.3 Å².